The average Bonchev–Trinajstić information content (AvgIpc) is 2.48. The number of aliphatic hydroxyl groups is 1. The van der Waals surface area contributed by atoms with Gasteiger partial charge in [-0.15, -0.1) is 0 Å². The van der Waals surface area contributed by atoms with Crippen molar-refractivity contribution >= 4 is 5.69 Å². The Morgan fingerprint density at radius 1 is 0.947 bits per heavy atom. The molecule has 1 unspecified atom stereocenters. The monoisotopic (exact) mass is 253 g/mol. The quantitative estimate of drug-likeness (QED) is 0.881. The minimum atomic E-state index is -0.226. The number of anilines is 1. The van der Waals surface area contributed by atoms with E-state index < -0.39 is 0 Å². The lowest BCUT2D eigenvalue weighted by Crippen LogP contribution is -2.47. The van der Waals surface area contributed by atoms with E-state index in [4.69, 9.17) is 0 Å². The summed E-state index contributed by atoms with van der Waals surface area (Å²) in [6, 6.07) is 18.7. The zero-order valence-corrected chi connectivity index (χ0v) is 11.0. The van der Waals surface area contributed by atoms with Crippen LogP contribution in [0.3, 0.4) is 0 Å². The molecule has 2 N–H and O–H groups in total. The van der Waals surface area contributed by atoms with Gasteiger partial charge in [0.05, 0.1) is 12.1 Å². The van der Waals surface area contributed by atoms with Crippen molar-refractivity contribution in [1.29, 1.82) is 0 Å². The summed E-state index contributed by atoms with van der Waals surface area (Å²) >= 11 is 0. The van der Waals surface area contributed by atoms with Gasteiger partial charge in [0, 0.05) is 5.69 Å². The summed E-state index contributed by atoms with van der Waals surface area (Å²) in [6.45, 7) is 0.163. The van der Waals surface area contributed by atoms with Crippen molar-refractivity contribution in [1.82, 2.24) is 0 Å². The average molecular weight is 253 g/mol. The fourth-order valence-corrected chi connectivity index (χ4v) is 2.91. The Hall–Kier alpha value is -1.80. The van der Waals surface area contributed by atoms with Crippen molar-refractivity contribution in [2.45, 2.75) is 24.8 Å². The first-order valence-electron chi connectivity index (χ1n) is 6.82. The summed E-state index contributed by atoms with van der Waals surface area (Å²) < 4.78 is 0. The molecule has 0 heterocycles. The van der Waals surface area contributed by atoms with Crippen LogP contribution in [0.4, 0.5) is 5.69 Å². The minimum absolute atomic E-state index is 0.163. The number of para-hydroxylation sites is 1. The molecule has 0 saturated carbocycles. The molecule has 1 aliphatic carbocycles. The minimum Gasteiger partial charge on any atom is -0.394 e. The summed E-state index contributed by atoms with van der Waals surface area (Å²) in [4.78, 5) is 0. The predicted molar refractivity (Wildman–Crippen MR) is 78.3 cm³/mol. The van der Waals surface area contributed by atoms with Crippen LogP contribution in [0, 0.1) is 0 Å². The van der Waals surface area contributed by atoms with Crippen molar-refractivity contribution in [3.05, 3.63) is 65.7 Å². The molecule has 0 aromatic heterocycles. The Kier molecular flexibility index (Phi) is 3.26. The molecule has 0 aliphatic heterocycles. The normalized spacial score (nSPS) is 21.7. The van der Waals surface area contributed by atoms with Crippen molar-refractivity contribution in [2.24, 2.45) is 0 Å². The number of aliphatic hydroxyl groups excluding tert-OH is 1. The SMILES string of the molecule is OCC1(Nc2ccccc2)CCc2ccccc2C1. The summed E-state index contributed by atoms with van der Waals surface area (Å²) in [5.41, 5.74) is 3.62. The van der Waals surface area contributed by atoms with Gasteiger partial charge in [-0.05, 0) is 42.5 Å². The van der Waals surface area contributed by atoms with Crippen molar-refractivity contribution in [2.75, 3.05) is 11.9 Å². The van der Waals surface area contributed by atoms with E-state index in [1.165, 1.54) is 11.1 Å². The highest BCUT2D eigenvalue weighted by Crippen LogP contribution is 2.31. The molecule has 0 spiro atoms. The van der Waals surface area contributed by atoms with Gasteiger partial charge in [-0.2, -0.15) is 0 Å². The van der Waals surface area contributed by atoms with Crippen LogP contribution < -0.4 is 5.32 Å². The van der Waals surface area contributed by atoms with Gasteiger partial charge in [0.1, 0.15) is 0 Å². The van der Waals surface area contributed by atoms with Gasteiger partial charge >= 0.3 is 0 Å². The van der Waals surface area contributed by atoms with Gasteiger partial charge in [-0.3, -0.25) is 0 Å². The van der Waals surface area contributed by atoms with Crippen LogP contribution in [0.5, 0.6) is 0 Å². The van der Waals surface area contributed by atoms with Gasteiger partial charge in [0.25, 0.3) is 0 Å². The molecule has 2 aromatic rings. The largest absolute Gasteiger partial charge is 0.394 e. The molecule has 19 heavy (non-hydrogen) atoms. The molecule has 0 bridgehead atoms. The summed E-state index contributed by atoms with van der Waals surface area (Å²) in [6.07, 6.45) is 2.88. The number of rotatable bonds is 3. The van der Waals surface area contributed by atoms with E-state index in [2.05, 4.69) is 41.7 Å². The van der Waals surface area contributed by atoms with Crippen LogP contribution in [0.1, 0.15) is 17.5 Å². The number of fused-ring (bicyclic) bond motifs is 1. The van der Waals surface area contributed by atoms with Crippen LogP contribution in [0.15, 0.2) is 54.6 Å². The van der Waals surface area contributed by atoms with Gasteiger partial charge < -0.3 is 10.4 Å². The van der Waals surface area contributed by atoms with Crippen LogP contribution >= 0.6 is 0 Å². The van der Waals surface area contributed by atoms with Crippen molar-refractivity contribution in [3.8, 4) is 0 Å². The first-order valence-corrected chi connectivity index (χ1v) is 6.82. The molecule has 98 valence electrons. The molecule has 2 heteroatoms. The van der Waals surface area contributed by atoms with Crippen LogP contribution in [0.25, 0.3) is 0 Å². The van der Waals surface area contributed by atoms with E-state index in [0.29, 0.717) is 0 Å². The van der Waals surface area contributed by atoms with E-state index in [1.807, 2.05) is 18.2 Å². The number of hydrogen-bond acceptors (Lipinski definition) is 2. The molecule has 3 rings (SSSR count). The number of nitrogens with one attached hydrogen (secondary N) is 1. The Morgan fingerprint density at radius 2 is 1.63 bits per heavy atom. The van der Waals surface area contributed by atoms with Crippen LogP contribution in [-0.4, -0.2) is 17.3 Å². The zero-order valence-electron chi connectivity index (χ0n) is 11.0. The summed E-state index contributed by atoms with van der Waals surface area (Å²) in [7, 11) is 0. The van der Waals surface area contributed by atoms with Gasteiger partial charge in [0.2, 0.25) is 0 Å². The first kappa shape index (κ1) is 12.2. The first-order chi connectivity index (χ1) is 9.31. The summed E-state index contributed by atoms with van der Waals surface area (Å²) in [5, 5.41) is 13.4. The lowest BCUT2D eigenvalue weighted by Gasteiger charge is -2.38. The topological polar surface area (TPSA) is 32.3 Å². The second-order valence-electron chi connectivity index (χ2n) is 5.37. The highest BCUT2D eigenvalue weighted by atomic mass is 16.3. The molecule has 0 amide bonds. The highest BCUT2D eigenvalue weighted by molar-refractivity contribution is 5.47. The second-order valence-corrected chi connectivity index (χ2v) is 5.37. The predicted octanol–water partition coefficient (Wildman–Crippen LogP) is 3.02. The number of aryl methyl sites for hydroxylation is 1. The van der Waals surface area contributed by atoms with E-state index >= 15 is 0 Å². The third kappa shape index (κ3) is 2.49. The molecule has 0 fully saturated rings. The molecule has 2 nitrogen and oxygen atoms in total. The molecular weight excluding hydrogens is 234 g/mol. The molecule has 2 aromatic carbocycles. The van der Waals surface area contributed by atoms with Crippen molar-refractivity contribution < 1.29 is 5.11 Å². The Labute approximate surface area is 114 Å². The molecule has 1 atom stereocenters. The maximum Gasteiger partial charge on any atom is 0.0664 e. The summed E-state index contributed by atoms with van der Waals surface area (Å²) in [5.74, 6) is 0. The molecular formula is C17H19NO. The smallest absolute Gasteiger partial charge is 0.0664 e. The van der Waals surface area contributed by atoms with E-state index in [-0.39, 0.29) is 12.1 Å². The lowest BCUT2D eigenvalue weighted by molar-refractivity contribution is 0.196. The molecule has 0 radical (unpaired) electrons. The standard InChI is InChI=1S/C17H19NO/c19-13-17(18-16-8-2-1-3-9-16)11-10-14-6-4-5-7-15(14)12-17/h1-9,18-19H,10-13H2. The second kappa shape index (κ2) is 5.06. The van der Waals surface area contributed by atoms with Crippen LogP contribution in [0.2, 0.25) is 0 Å². The Bertz CT molecular complexity index is 552. The van der Waals surface area contributed by atoms with Crippen molar-refractivity contribution in [3.63, 3.8) is 0 Å². The Balaban J connectivity index is 1.86. The fourth-order valence-electron chi connectivity index (χ4n) is 2.91. The number of hydrogen-bond donors (Lipinski definition) is 2. The fraction of sp³-hybridized carbons (Fsp3) is 0.294. The molecule has 1 aliphatic rings. The van der Waals surface area contributed by atoms with Gasteiger partial charge in [-0.1, -0.05) is 42.5 Å². The maximum absolute atomic E-state index is 9.87. The van der Waals surface area contributed by atoms with E-state index in [9.17, 15) is 5.11 Å². The third-order valence-corrected chi connectivity index (χ3v) is 4.01. The maximum atomic E-state index is 9.87. The highest BCUT2D eigenvalue weighted by Gasteiger charge is 2.33. The number of benzene rings is 2. The van der Waals surface area contributed by atoms with Gasteiger partial charge in [-0.25, -0.2) is 0 Å². The third-order valence-electron chi connectivity index (χ3n) is 4.01. The molecule has 0 saturated heterocycles. The van der Waals surface area contributed by atoms with E-state index in [1.54, 1.807) is 0 Å². The van der Waals surface area contributed by atoms with E-state index in [0.717, 1.165) is 24.9 Å². The van der Waals surface area contributed by atoms with Gasteiger partial charge in [0.15, 0.2) is 0 Å². The lowest BCUT2D eigenvalue weighted by atomic mass is 9.78. The Morgan fingerprint density at radius 3 is 2.37 bits per heavy atom. The zero-order chi connectivity index (χ0) is 13.1. The van der Waals surface area contributed by atoms with Crippen LogP contribution in [-0.2, 0) is 12.8 Å².